The van der Waals surface area contributed by atoms with Gasteiger partial charge in [-0.25, -0.2) is 9.97 Å². The number of carbonyl (C=O) groups is 1. The molecule has 148 valence electrons. The van der Waals surface area contributed by atoms with Crippen molar-refractivity contribution in [3.05, 3.63) is 71.0 Å². The fourth-order valence-electron chi connectivity index (χ4n) is 3.29. The van der Waals surface area contributed by atoms with E-state index in [1.54, 1.807) is 23.9 Å². The lowest BCUT2D eigenvalue weighted by Gasteiger charge is -2.10. The Morgan fingerprint density at radius 3 is 2.90 bits per heavy atom. The van der Waals surface area contributed by atoms with Crippen LogP contribution >= 0.6 is 23.1 Å². The molecule has 0 radical (unpaired) electrons. The van der Waals surface area contributed by atoms with Crippen LogP contribution in [0.2, 0.25) is 0 Å². The van der Waals surface area contributed by atoms with Gasteiger partial charge in [-0.05, 0) is 49.7 Å². The van der Waals surface area contributed by atoms with Crippen molar-refractivity contribution in [2.45, 2.75) is 23.8 Å². The highest BCUT2D eigenvalue weighted by Crippen LogP contribution is 2.38. The second kappa shape index (κ2) is 7.55. The number of benzene rings is 2. The number of aromatic nitrogens is 4. The van der Waals surface area contributed by atoms with E-state index in [0.29, 0.717) is 5.56 Å². The number of nitrogens with zero attached hydrogens (tertiary/aromatic N) is 3. The average molecular weight is 432 g/mol. The first-order valence-electron chi connectivity index (χ1n) is 9.32. The molecule has 0 spiro atoms. The van der Waals surface area contributed by atoms with E-state index < -0.39 is 0 Å². The zero-order valence-electron chi connectivity index (χ0n) is 16.3. The number of carbonyl (C=O) groups excluding carboxylic acids is 1. The average Bonchev–Trinajstić information content (AvgIpc) is 3.33. The largest absolute Gasteiger partial charge is 0.322 e. The van der Waals surface area contributed by atoms with E-state index in [1.165, 1.54) is 22.2 Å². The summed E-state index contributed by atoms with van der Waals surface area (Å²) in [6, 6.07) is 13.2. The fourth-order valence-corrected chi connectivity index (χ4v) is 5.43. The highest BCUT2D eigenvalue weighted by atomic mass is 32.2. The van der Waals surface area contributed by atoms with Crippen LogP contribution in [0.1, 0.15) is 20.8 Å². The lowest BCUT2D eigenvalue weighted by Crippen LogP contribution is -2.12. The van der Waals surface area contributed by atoms with Crippen LogP contribution in [0.5, 0.6) is 0 Å². The molecule has 0 aliphatic carbocycles. The summed E-state index contributed by atoms with van der Waals surface area (Å²) in [5.41, 5.74) is 3.44. The van der Waals surface area contributed by atoms with Gasteiger partial charge in [0.05, 0.1) is 17.3 Å². The van der Waals surface area contributed by atoms with Gasteiger partial charge in [-0.1, -0.05) is 23.9 Å². The smallest absolute Gasteiger partial charge is 0.256 e. The van der Waals surface area contributed by atoms with Crippen molar-refractivity contribution in [1.29, 1.82) is 0 Å². The van der Waals surface area contributed by atoms with Crippen LogP contribution in [0.25, 0.3) is 21.1 Å². The van der Waals surface area contributed by atoms with Gasteiger partial charge in [-0.3, -0.25) is 9.89 Å². The molecule has 0 fully saturated rings. The molecule has 0 atom stereocenters. The molecule has 1 amide bonds. The Morgan fingerprint density at radius 1 is 1.13 bits per heavy atom. The van der Waals surface area contributed by atoms with E-state index in [9.17, 15) is 4.79 Å². The number of fused-ring (bicyclic) bond motifs is 2. The SMILES string of the molecule is Cc1sc2ncnc(Sc3ccccc3C(=O)Nc3ccc4[nH]ncc4c3)c2c1C. The lowest BCUT2D eigenvalue weighted by molar-refractivity contribution is 0.102. The fraction of sp³-hybridized carbons (Fsp3) is 0.0909. The van der Waals surface area contributed by atoms with Gasteiger partial charge in [0.1, 0.15) is 16.2 Å². The monoisotopic (exact) mass is 431 g/mol. The maximum absolute atomic E-state index is 13.1. The van der Waals surface area contributed by atoms with Crippen molar-refractivity contribution in [1.82, 2.24) is 20.2 Å². The molecule has 0 saturated carbocycles. The molecule has 5 rings (SSSR count). The van der Waals surface area contributed by atoms with Crippen LogP contribution in [0.4, 0.5) is 5.69 Å². The maximum atomic E-state index is 13.1. The summed E-state index contributed by atoms with van der Waals surface area (Å²) in [6.07, 6.45) is 3.32. The van der Waals surface area contributed by atoms with Gasteiger partial charge in [0, 0.05) is 26.2 Å². The number of hydrogen-bond acceptors (Lipinski definition) is 6. The number of hydrogen-bond donors (Lipinski definition) is 2. The molecular formula is C22H17N5OS2. The maximum Gasteiger partial charge on any atom is 0.256 e. The Morgan fingerprint density at radius 2 is 2.00 bits per heavy atom. The summed E-state index contributed by atoms with van der Waals surface area (Å²) in [4.78, 5) is 25.0. The number of aryl methyl sites for hydroxylation is 2. The van der Waals surface area contributed by atoms with Gasteiger partial charge < -0.3 is 5.32 Å². The van der Waals surface area contributed by atoms with Crippen molar-refractivity contribution in [3.63, 3.8) is 0 Å². The van der Waals surface area contributed by atoms with Gasteiger partial charge in [0.25, 0.3) is 5.91 Å². The molecule has 2 N–H and O–H groups in total. The van der Waals surface area contributed by atoms with E-state index in [0.717, 1.165) is 36.7 Å². The number of nitrogens with one attached hydrogen (secondary N) is 2. The molecule has 5 aromatic rings. The van der Waals surface area contributed by atoms with Gasteiger partial charge in [0.15, 0.2) is 0 Å². The predicted molar refractivity (Wildman–Crippen MR) is 122 cm³/mol. The number of thiophene rings is 1. The number of rotatable bonds is 4. The second-order valence-electron chi connectivity index (χ2n) is 6.87. The third-order valence-electron chi connectivity index (χ3n) is 4.97. The topological polar surface area (TPSA) is 83.6 Å². The van der Waals surface area contributed by atoms with Gasteiger partial charge in [-0.2, -0.15) is 5.10 Å². The molecule has 0 aliphatic heterocycles. The summed E-state index contributed by atoms with van der Waals surface area (Å²) in [7, 11) is 0. The first-order chi connectivity index (χ1) is 14.6. The highest BCUT2D eigenvalue weighted by Gasteiger charge is 2.17. The molecule has 3 aromatic heterocycles. The summed E-state index contributed by atoms with van der Waals surface area (Å²) < 4.78 is 0. The minimum atomic E-state index is -0.163. The van der Waals surface area contributed by atoms with Crippen molar-refractivity contribution in [2.24, 2.45) is 0 Å². The summed E-state index contributed by atoms with van der Waals surface area (Å²) >= 11 is 3.16. The van der Waals surface area contributed by atoms with E-state index in [-0.39, 0.29) is 5.91 Å². The molecule has 0 bridgehead atoms. The van der Waals surface area contributed by atoms with Gasteiger partial charge in [-0.15, -0.1) is 11.3 Å². The first kappa shape index (κ1) is 18.8. The summed E-state index contributed by atoms with van der Waals surface area (Å²) in [5, 5.41) is 12.8. The van der Waals surface area contributed by atoms with E-state index in [2.05, 4.69) is 39.3 Å². The predicted octanol–water partition coefficient (Wildman–Crippen LogP) is 5.59. The standard InChI is InChI=1S/C22H17N5OS2/c1-12-13(2)29-21-19(12)22(24-11-23-21)30-18-6-4-3-5-16(18)20(28)26-15-7-8-17-14(9-15)10-25-27-17/h3-11H,1-2H3,(H,25,27)(H,26,28). The van der Waals surface area contributed by atoms with Crippen LogP contribution in [0.3, 0.4) is 0 Å². The third kappa shape index (κ3) is 3.34. The minimum Gasteiger partial charge on any atom is -0.322 e. The Bertz CT molecular complexity index is 1410. The van der Waals surface area contributed by atoms with E-state index >= 15 is 0 Å². The van der Waals surface area contributed by atoms with E-state index in [1.807, 2.05) is 42.5 Å². The van der Waals surface area contributed by atoms with Crippen LogP contribution in [0.15, 0.2) is 64.9 Å². The second-order valence-corrected chi connectivity index (χ2v) is 9.10. The molecule has 8 heteroatoms. The number of H-pyrrole nitrogens is 1. The van der Waals surface area contributed by atoms with Crippen LogP contribution in [-0.4, -0.2) is 26.1 Å². The molecule has 3 heterocycles. The number of amides is 1. The first-order valence-corrected chi connectivity index (χ1v) is 11.0. The number of aromatic amines is 1. The molecule has 0 unspecified atom stereocenters. The number of anilines is 1. The minimum absolute atomic E-state index is 0.163. The van der Waals surface area contributed by atoms with Crippen molar-refractivity contribution >= 4 is 55.8 Å². The quantitative estimate of drug-likeness (QED) is 0.363. The Labute approximate surface area is 180 Å². The van der Waals surface area contributed by atoms with E-state index in [4.69, 9.17) is 0 Å². The zero-order valence-corrected chi connectivity index (χ0v) is 17.9. The van der Waals surface area contributed by atoms with Crippen molar-refractivity contribution in [2.75, 3.05) is 5.32 Å². The third-order valence-corrected chi connectivity index (χ3v) is 7.16. The van der Waals surface area contributed by atoms with Crippen LogP contribution in [0, 0.1) is 13.8 Å². The van der Waals surface area contributed by atoms with Crippen molar-refractivity contribution in [3.8, 4) is 0 Å². The Kier molecular flexibility index (Phi) is 4.72. The normalized spacial score (nSPS) is 11.3. The van der Waals surface area contributed by atoms with Crippen LogP contribution in [-0.2, 0) is 0 Å². The summed E-state index contributed by atoms with van der Waals surface area (Å²) in [5.74, 6) is -0.163. The van der Waals surface area contributed by atoms with Crippen molar-refractivity contribution < 1.29 is 4.79 Å². The molecule has 0 aliphatic rings. The molecule has 30 heavy (non-hydrogen) atoms. The summed E-state index contributed by atoms with van der Waals surface area (Å²) in [6.45, 7) is 4.18. The molecule has 2 aromatic carbocycles. The zero-order chi connectivity index (χ0) is 20.7. The van der Waals surface area contributed by atoms with Gasteiger partial charge in [0.2, 0.25) is 0 Å². The Hall–Kier alpha value is -3.23. The lowest BCUT2D eigenvalue weighted by atomic mass is 10.2. The highest BCUT2D eigenvalue weighted by molar-refractivity contribution is 7.99. The van der Waals surface area contributed by atoms with Gasteiger partial charge >= 0.3 is 0 Å². The molecule has 6 nitrogen and oxygen atoms in total. The Balaban J connectivity index is 1.48. The molecular weight excluding hydrogens is 414 g/mol. The van der Waals surface area contributed by atoms with Crippen LogP contribution < -0.4 is 5.32 Å². The molecule has 0 saturated heterocycles.